The smallest absolute Gasteiger partial charge is 0.251 e. The molecule has 2 amide bonds. The maximum atomic E-state index is 12.8. The molecule has 2 rings (SSSR count). The summed E-state index contributed by atoms with van der Waals surface area (Å²) in [6.07, 6.45) is 3.74. The summed E-state index contributed by atoms with van der Waals surface area (Å²) in [7, 11) is 0. The molecule has 0 aromatic heterocycles. The van der Waals surface area contributed by atoms with Gasteiger partial charge in [-0.15, -0.1) is 12.4 Å². The molecule has 1 fully saturated rings. The summed E-state index contributed by atoms with van der Waals surface area (Å²) in [5.74, 6) is -0.901. The van der Waals surface area contributed by atoms with Crippen molar-refractivity contribution < 1.29 is 14.0 Å². The molecule has 5 nitrogen and oxygen atoms in total. The topological polar surface area (TPSA) is 84.2 Å². The van der Waals surface area contributed by atoms with Gasteiger partial charge in [-0.2, -0.15) is 0 Å². The van der Waals surface area contributed by atoms with Crippen LogP contribution in [-0.4, -0.2) is 30.4 Å². The monoisotopic (exact) mass is 357 g/mol. The second-order valence-electron chi connectivity index (χ2n) is 6.36. The normalized spacial score (nSPS) is 23.0. The minimum absolute atomic E-state index is 0. The first-order valence-electron chi connectivity index (χ1n) is 8.00. The van der Waals surface area contributed by atoms with Crippen molar-refractivity contribution in [2.75, 3.05) is 13.1 Å². The van der Waals surface area contributed by atoms with Crippen molar-refractivity contribution in [1.29, 1.82) is 0 Å². The lowest BCUT2D eigenvalue weighted by molar-refractivity contribution is -0.128. The minimum Gasteiger partial charge on any atom is -0.354 e. The van der Waals surface area contributed by atoms with E-state index in [1.165, 1.54) is 24.3 Å². The lowest BCUT2D eigenvalue weighted by Gasteiger charge is -2.37. The van der Waals surface area contributed by atoms with Gasteiger partial charge < -0.3 is 16.4 Å². The molecule has 24 heavy (non-hydrogen) atoms. The van der Waals surface area contributed by atoms with E-state index < -0.39 is 5.54 Å². The molecule has 0 heterocycles. The lowest BCUT2D eigenvalue weighted by Crippen LogP contribution is -2.53. The van der Waals surface area contributed by atoms with Gasteiger partial charge in [-0.25, -0.2) is 4.39 Å². The van der Waals surface area contributed by atoms with Gasteiger partial charge in [-0.1, -0.05) is 12.8 Å². The molecule has 7 heteroatoms. The Kier molecular flexibility index (Phi) is 7.63. The van der Waals surface area contributed by atoms with E-state index in [2.05, 4.69) is 10.6 Å². The quantitative estimate of drug-likeness (QED) is 0.705. The van der Waals surface area contributed by atoms with Crippen molar-refractivity contribution in [2.45, 2.75) is 38.1 Å². The highest BCUT2D eigenvalue weighted by Gasteiger charge is 2.37. The van der Waals surface area contributed by atoms with E-state index in [0.29, 0.717) is 18.7 Å². The highest BCUT2D eigenvalue weighted by atomic mass is 35.5. The third kappa shape index (κ3) is 5.46. The van der Waals surface area contributed by atoms with Gasteiger partial charge in [0.05, 0.1) is 5.92 Å². The van der Waals surface area contributed by atoms with E-state index in [0.717, 1.165) is 25.7 Å². The van der Waals surface area contributed by atoms with Crippen LogP contribution in [0.15, 0.2) is 24.3 Å². The molecule has 1 aliphatic rings. The van der Waals surface area contributed by atoms with E-state index in [9.17, 15) is 14.0 Å². The SMILES string of the molecule is CC1(N)CCCCC1C(=O)NCCNC(=O)c1ccc(F)cc1.Cl. The van der Waals surface area contributed by atoms with Crippen molar-refractivity contribution in [2.24, 2.45) is 11.7 Å². The fraction of sp³-hybridized carbons (Fsp3) is 0.529. The number of benzene rings is 1. The number of hydrogen-bond acceptors (Lipinski definition) is 3. The van der Waals surface area contributed by atoms with Crippen molar-refractivity contribution >= 4 is 24.2 Å². The molecule has 1 aliphatic carbocycles. The second-order valence-corrected chi connectivity index (χ2v) is 6.36. The Balaban J connectivity index is 0.00000288. The maximum absolute atomic E-state index is 12.8. The standard InChI is InChI=1S/C17H24FN3O2.ClH/c1-17(19)9-3-2-4-14(17)16(23)21-11-10-20-15(22)12-5-7-13(18)8-6-12;/h5-8,14H,2-4,9-11,19H2,1H3,(H,20,22)(H,21,23);1H. The molecule has 0 bridgehead atoms. The predicted molar refractivity (Wildman–Crippen MR) is 93.5 cm³/mol. The zero-order chi connectivity index (χ0) is 16.9. The Hall–Kier alpha value is -1.66. The van der Waals surface area contributed by atoms with E-state index in [4.69, 9.17) is 5.73 Å². The third-order valence-electron chi connectivity index (χ3n) is 4.39. The molecular formula is C17H25ClFN3O2. The summed E-state index contributed by atoms with van der Waals surface area (Å²) in [5.41, 5.74) is 6.13. The van der Waals surface area contributed by atoms with Gasteiger partial charge in [0.2, 0.25) is 5.91 Å². The first-order chi connectivity index (χ1) is 10.9. The van der Waals surface area contributed by atoms with Gasteiger partial charge in [0, 0.05) is 24.2 Å². The van der Waals surface area contributed by atoms with Crippen LogP contribution in [0.4, 0.5) is 4.39 Å². The van der Waals surface area contributed by atoms with Gasteiger partial charge in [0.25, 0.3) is 5.91 Å². The molecular weight excluding hydrogens is 333 g/mol. The van der Waals surface area contributed by atoms with Gasteiger partial charge in [-0.3, -0.25) is 9.59 Å². The van der Waals surface area contributed by atoms with Crippen LogP contribution in [0.3, 0.4) is 0 Å². The Morgan fingerprint density at radius 3 is 2.46 bits per heavy atom. The van der Waals surface area contributed by atoms with Crippen LogP contribution in [0.1, 0.15) is 43.0 Å². The number of carbonyl (C=O) groups excluding carboxylic acids is 2. The van der Waals surface area contributed by atoms with Crippen LogP contribution in [0, 0.1) is 11.7 Å². The number of carbonyl (C=O) groups is 2. The summed E-state index contributed by atoms with van der Waals surface area (Å²) in [6.45, 7) is 2.58. The van der Waals surface area contributed by atoms with Crippen LogP contribution in [0.25, 0.3) is 0 Å². The molecule has 0 spiro atoms. The van der Waals surface area contributed by atoms with E-state index in [1.807, 2.05) is 6.92 Å². The number of rotatable bonds is 5. The third-order valence-corrected chi connectivity index (χ3v) is 4.39. The second kappa shape index (κ2) is 8.99. The number of hydrogen-bond donors (Lipinski definition) is 3. The summed E-state index contributed by atoms with van der Waals surface area (Å²) >= 11 is 0. The predicted octanol–water partition coefficient (Wildman–Crippen LogP) is 2.00. The Labute approximate surface area is 148 Å². The molecule has 1 aromatic carbocycles. The Morgan fingerprint density at radius 2 is 1.83 bits per heavy atom. The van der Waals surface area contributed by atoms with Gasteiger partial charge in [-0.05, 0) is 44.0 Å². The molecule has 0 saturated heterocycles. The van der Waals surface area contributed by atoms with Crippen LogP contribution in [0.2, 0.25) is 0 Å². The maximum Gasteiger partial charge on any atom is 0.251 e. The van der Waals surface area contributed by atoms with E-state index in [-0.39, 0.29) is 36.0 Å². The number of halogens is 2. The minimum atomic E-state index is -0.459. The lowest BCUT2D eigenvalue weighted by atomic mass is 9.74. The fourth-order valence-corrected chi connectivity index (χ4v) is 2.98. The molecule has 0 aliphatic heterocycles. The number of nitrogens with two attached hydrogens (primary N) is 1. The fourth-order valence-electron chi connectivity index (χ4n) is 2.98. The summed E-state index contributed by atoms with van der Waals surface area (Å²) in [5, 5.41) is 5.52. The highest BCUT2D eigenvalue weighted by Crippen LogP contribution is 2.31. The molecule has 4 N–H and O–H groups in total. The van der Waals surface area contributed by atoms with Crippen molar-refractivity contribution in [1.82, 2.24) is 10.6 Å². The molecule has 0 radical (unpaired) electrons. The van der Waals surface area contributed by atoms with E-state index in [1.54, 1.807) is 0 Å². The van der Waals surface area contributed by atoms with Gasteiger partial charge >= 0.3 is 0 Å². The number of nitrogens with one attached hydrogen (secondary N) is 2. The van der Waals surface area contributed by atoms with Gasteiger partial charge in [0.15, 0.2) is 0 Å². The van der Waals surface area contributed by atoms with Crippen LogP contribution in [-0.2, 0) is 4.79 Å². The first kappa shape index (κ1) is 20.4. The zero-order valence-corrected chi connectivity index (χ0v) is 14.6. The van der Waals surface area contributed by atoms with Crippen molar-refractivity contribution in [3.8, 4) is 0 Å². The molecule has 1 saturated carbocycles. The molecule has 2 unspecified atom stereocenters. The van der Waals surface area contributed by atoms with Crippen LogP contribution >= 0.6 is 12.4 Å². The summed E-state index contributed by atoms with van der Waals surface area (Å²) in [4.78, 5) is 24.1. The molecule has 2 atom stereocenters. The zero-order valence-electron chi connectivity index (χ0n) is 13.8. The largest absolute Gasteiger partial charge is 0.354 e. The molecule has 1 aromatic rings. The first-order valence-corrected chi connectivity index (χ1v) is 8.00. The number of amides is 2. The van der Waals surface area contributed by atoms with Crippen LogP contribution < -0.4 is 16.4 Å². The Bertz CT molecular complexity index is 563. The van der Waals surface area contributed by atoms with Crippen molar-refractivity contribution in [3.63, 3.8) is 0 Å². The van der Waals surface area contributed by atoms with Gasteiger partial charge in [0.1, 0.15) is 5.82 Å². The highest BCUT2D eigenvalue weighted by molar-refractivity contribution is 5.94. The van der Waals surface area contributed by atoms with E-state index >= 15 is 0 Å². The van der Waals surface area contributed by atoms with Crippen molar-refractivity contribution in [3.05, 3.63) is 35.6 Å². The van der Waals surface area contributed by atoms with Crippen LogP contribution in [0.5, 0.6) is 0 Å². The summed E-state index contributed by atoms with van der Waals surface area (Å²) < 4.78 is 12.8. The molecule has 134 valence electrons. The average molecular weight is 358 g/mol. The Morgan fingerprint density at radius 1 is 1.21 bits per heavy atom. The summed E-state index contributed by atoms with van der Waals surface area (Å²) in [6, 6.07) is 5.32. The average Bonchev–Trinajstić information content (AvgIpc) is 2.51.